The zero-order chi connectivity index (χ0) is 12.3. The molecule has 4 fully saturated rings. The predicted molar refractivity (Wildman–Crippen MR) is 72.2 cm³/mol. The highest BCUT2D eigenvalue weighted by molar-refractivity contribution is 5.12. The summed E-state index contributed by atoms with van der Waals surface area (Å²) in [7, 11) is 0. The van der Waals surface area contributed by atoms with Crippen LogP contribution in [0.3, 0.4) is 0 Å². The standard InChI is InChI=1S/C16H27NO/c1-2-10-3-5-13(6-4-10)17-9-12-7-11-8-14(12)15(17)16(11)18/h10-16,18H,2-9H2,1H3. The van der Waals surface area contributed by atoms with Gasteiger partial charge in [0, 0.05) is 18.6 Å². The molecule has 3 saturated carbocycles. The first-order valence-corrected chi connectivity index (χ1v) is 8.21. The van der Waals surface area contributed by atoms with Crippen molar-refractivity contribution in [3.63, 3.8) is 0 Å². The fourth-order valence-corrected chi connectivity index (χ4v) is 5.75. The monoisotopic (exact) mass is 249 g/mol. The highest BCUT2D eigenvalue weighted by Gasteiger charge is 2.59. The minimum absolute atomic E-state index is 0.0117. The fraction of sp³-hybridized carbons (Fsp3) is 1.00. The molecule has 0 radical (unpaired) electrons. The Morgan fingerprint density at radius 2 is 1.83 bits per heavy atom. The largest absolute Gasteiger partial charge is 0.391 e. The first kappa shape index (κ1) is 11.7. The zero-order valence-corrected chi connectivity index (χ0v) is 11.6. The molecule has 0 aromatic heterocycles. The third kappa shape index (κ3) is 1.54. The molecular formula is C16H27NO. The first-order valence-electron chi connectivity index (χ1n) is 8.21. The van der Waals surface area contributed by atoms with E-state index in [9.17, 15) is 5.11 Å². The lowest BCUT2D eigenvalue weighted by Gasteiger charge is -2.39. The molecule has 4 rings (SSSR count). The molecule has 0 spiro atoms. The smallest absolute Gasteiger partial charge is 0.0726 e. The van der Waals surface area contributed by atoms with E-state index in [-0.39, 0.29) is 6.10 Å². The molecule has 1 aliphatic heterocycles. The van der Waals surface area contributed by atoms with Crippen LogP contribution in [0.25, 0.3) is 0 Å². The van der Waals surface area contributed by atoms with Crippen LogP contribution in [0, 0.1) is 23.7 Å². The summed E-state index contributed by atoms with van der Waals surface area (Å²) in [5, 5.41) is 10.5. The van der Waals surface area contributed by atoms with Gasteiger partial charge in [-0.25, -0.2) is 0 Å². The Kier molecular flexibility index (Phi) is 2.74. The summed E-state index contributed by atoms with van der Waals surface area (Å²) in [6.45, 7) is 3.65. The second-order valence-electron chi connectivity index (χ2n) is 7.42. The summed E-state index contributed by atoms with van der Waals surface area (Å²) < 4.78 is 0. The quantitative estimate of drug-likeness (QED) is 0.813. The zero-order valence-electron chi connectivity index (χ0n) is 11.6. The Morgan fingerprint density at radius 3 is 2.50 bits per heavy atom. The summed E-state index contributed by atoms with van der Waals surface area (Å²) in [6, 6.07) is 1.36. The van der Waals surface area contributed by atoms with Crippen LogP contribution in [-0.4, -0.2) is 34.7 Å². The van der Waals surface area contributed by atoms with E-state index < -0.39 is 0 Å². The van der Waals surface area contributed by atoms with E-state index in [0.717, 1.165) is 23.8 Å². The summed E-state index contributed by atoms with van der Waals surface area (Å²) in [5.74, 6) is 3.44. The number of hydrogen-bond acceptors (Lipinski definition) is 2. The summed E-state index contributed by atoms with van der Waals surface area (Å²) in [4.78, 5) is 2.75. The van der Waals surface area contributed by atoms with Crippen molar-refractivity contribution >= 4 is 0 Å². The molecule has 1 N–H and O–H groups in total. The van der Waals surface area contributed by atoms with Crippen LogP contribution in [-0.2, 0) is 0 Å². The highest BCUT2D eigenvalue weighted by atomic mass is 16.3. The van der Waals surface area contributed by atoms with Gasteiger partial charge in [0.2, 0.25) is 0 Å². The van der Waals surface area contributed by atoms with Crippen molar-refractivity contribution < 1.29 is 5.11 Å². The minimum atomic E-state index is 0.0117. The molecule has 2 heteroatoms. The molecule has 0 aromatic carbocycles. The summed E-state index contributed by atoms with van der Waals surface area (Å²) in [6.07, 6.45) is 9.68. The summed E-state index contributed by atoms with van der Waals surface area (Å²) in [5.41, 5.74) is 0. The van der Waals surface area contributed by atoms with Crippen molar-refractivity contribution in [2.45, 2.75) is 70.1 Å². The van der Waals surface area contributed by atoms with Crippen LogP contribution in [0.2, 0.25) is 0 Å². The van der Waals surface area contributed by atoms with Gasteiger partial charge in [-0.1, -0.05) is 13.3 Å². The lowest BCUT2D eigenvalue weighted by Crippen LogP contribution is -2.47. The SMILES string of the molecule is CCC1CCC(N2CC3CC4CC3C2C4O)CC1. The normalized spacial score (nSPS) is 55.3. The Bertz CT molecular complexity index is 321. The molecule has 0 amide bonds. The van der Waals surface area contributed by atoms with Crippen molar-refractivity contribution in [2.75, 3.05) is 6.54 Å². The molecule has 102 valence electrons. The topological polar surface area (TPSA) is 23.5 Å². The average molecular weight is 249 g/mol. The Hall–Kier alpha value is -0.0800. The van der Waals surface area contributed by atoms with Crippen molar-refractivity contribution in [1.29, 1.82) is 0 Å². The van der Waals surface area contributed by atoms with Gasteiger partial charge in [0.15, 0.2) is 0 Å². The van der Waals surface area contributed by atoms with E-state index in [0.29, 0.717) is 12.0 Å². The molecule has 5 atom stereocenters. The molecule has 1 saturated heterocycles. The van der Waals surface area contributed by atoms with E-state index in [1.807, 2.05) is 0 Å². The van der Waals surface area contributed by atoms with Crippen LogP contribution in [0.5, 0.6) is 0 Å². The Morgan fingerprint density at radius 1 is 1.06 bits per heavy atom. The lowest BCUT2D eigenvalue weighted by molar-refractivity contribution is 0.0233. The lowest BCUT2D eigenvalue weighted by atomic mass is 9.83. The second kappa shape index (κ2) is 4.21. The van der Waals surface area contributed by atoms with Gasteiger partial charge in [0.05, 0.1) is 6.10 Å². The third-order valence-electron chi connectivity index (χ3n) is 6.75. The maximum Gasteiger partial charge on any atom is 0.0726 e. The average Bonchev–Trinajstić information content (AvgIpc) is 3.00. The summed E-state index contributed by atoms with van der Waals surface area (Å²) >= 11 is 0. The van der Waals surface area contributed by atoms with Crippen LogP contribution in [0.15, 0.2) is 0 Å². The van der Waals surface area contributed by atoms with Crippen LogP contribution in [0.1, 0.15) is 51.9 Å². The molecule has 4 aliphatic rings. The van der Waals surface area contributed by atoms with E-state index in [2.05, 4.69) is 11.8 Å². The molecule has 3 aliphatic carbocycles. The molecule has 5 unspecified atom stereocenters. The minimum Gasteiger partial charge on any atom is -0.391 e. The van der Waals surface area contributed by atoms with Crippen molar-refractivity contribution in [3.05, 3.63) is 0 Å². The molecule has 0 aromatic rings. The molecule has 1 heterocycles. The van der Waals surface area contributed by atoms with Gasteiger partial charge in [-0.05, 0) is 62.2 Å². The van der Waals surface area contributed by atoms with Gasteiger partial charge in [-0.15, -0.1) is 0 Å². The van der Waals surface area contributed by atoms with Gasteiger partial charge in [-0.2, -0.15) is 0 Å². The number of aliphatic hydroxyl groups excluding tert-OH is 1. The second-order valence-corrected chi connectivity index (χ2v) is 7.42. The van der Waals surface area contributed by atoms with E-state index in [4.69, 9.17) is 0 Å². The van der Waals surface area contributed by atoms with E-state index >= 15 is 0 Å². The Labute approximate surface area is 111 Å². The number of fused-ring (bicyclic) bond motifs is 1. The van der Waals surface area contributed by atoms with Gasteiger partial charge in [-0.3, -0.25) is 4.90 Å². The van der Waals surface area contributed by atoms with Crippen LogP contribution >= 0.6 is 0 Å². The molecule has 2 nitrogen and oxygen atoms in total. The number of rotatable bonds is 2. The van der Waals surface area contributed by atoms with Gasteiger partial charge < -0.3 is 5.11 Å². The third-order valence-corrected chi connectivity index (χ3v) is 6.75. The van der Waals surface area contributed by atoms with E-state index in [1.165, 1.54) is 51.5 Å². The van der Waals surface area contributed by atoms with Crippen LogP contribution < -0.4 is 0 Å². The maximum absolute atomic E-state index is 10.5. The number of nitrogens with zero attached hydrogens (tertiary/aromatic N) is 1. The van der Waals surface area contributed by atoms with Crippen LogP contribution in [0.4, 0.5) is 0 Å². The van der Waals surface area contributed by atoms with Gasteiger partial charge in [0.1, 0.15) is 0 Å². The Balaban J connectivity index is 1.47. The van der Waals surface area contributed by atoms with Gasteiger partial charge >= 0.3 is 0 Å². The predicted octanol–water partition coefficient (Wildman–Crippen LogP) is 2.66. The van der Waals surface area contributed by atoms with E-state index in [1.54, 1.807) is 0 Å². The number of hydrogen-bond donors (Lipinski definition) is 1. The maximum atomic E-state index is 10.5. The van der Waals surface area contributed by atoms with Gasteiger partial charge in [0.25, 0.3) is 0 Å². The molecule has 18 heavy (non-hydrogen) atoms. The fourth-order valence-electron chi connectivity index (χ4n) is 5.75. The van der Waals surface area contributed by atoms with Crippen molar-refractivity contribution in [1.82, 2.24) is 4.90 Å². The van der Waals surface area contributed by atoms with Crippen molar-refractivity contribution in [2.24, 2.45) is 23.7 Å². The first-order chi connectivity index (χ1) is 8.78. The molecular weight excluding hydrogens is 222 g/mol. The molecule has 2 bridgehead atoms. The van der Waals surface area contributed by atoms with Crippen molar-refractivity contribution in [3.8, 4) is 0 Å². The number of aliphatic hydroxyl groups is 1. The number of likely N-dealkylation sites (tertiary alicyclic amines) is 1. The highest BCUT2D eigenvalue weighted by Crippen LogP contribution is 2.56.